The van der Waals surface area contributed by atoms with Gasteiger partial charge in [-0.1, -0.05) is 30.3 Å². The third-order valence-electron chi connectivity index (χ3n) is 2.32. The van der Waals surface area contributed by atoms with Crippen molar-refractivity contribution in [2.45, 2.75) is 32.3 Å². The Bertz CT molecular complexity index is 308. The minimum Gasteiger partial charge on any atom is -0.481 e. The third kappa shape index (κ3) is 5.51. The zero-order chi connectivity index (χ0) is 11.8. The van der Waals surface area contributed by atoms with E-state index in [2.05, 4.69) is 12.1 Å². The fourth-order valence-corrected chi connectivity index (χ4v) is 1.51. The number of rotatable bonds is 7. The summed E-state index contributed by atoms with van der Waals surface area (Å²) in [5.74, 6) is -0.810. The van der Waals surface area contributed by atoms with Crippen molar-refractivity contribution in [3.63, 3.8) is 0 Å². The largest absolute Gasteiger partial charge is 0.481 e. The summed E-state index contributed by atoms with van der Waals surface area (Å²) in [6, 6.07) is 10.2. The molecule has 88 valence electrons. The lowest BCUT2D eigenvalue weighted by atomic mass is 10.1. The molecule has 1 N–H and O–H groups in total. The number of carbonyl (C=O) groups is 1. The van der Waals surface area contributed by atoms with Crippen molar-refractivity contribution in [3.05, 3.63) is 35.9 Å². The van der Waals surface area contributed by atoms with Gasteiger partial charge < -0.3 is 9.84 Å². The van der Waals surface area contributed by atoms with Gasteiger partial charge in [0.2, 0.25) is 0 Å². The fraction of sp³-hybridized carbons (Fsp3) is 0.462. The van der Waals surface area contributed by atoms with E-state index in [1.54, 1.807) is 6.92 Å². The molecule has 1 atom stereocenters. The van der Waals surface area contributed by atoms with Gasteiger partial charge in [-0.2, -0.15) is 0 Å². The summed E-state index contributed by atoms with van der Waals surface area (Å²) in [6.45, 7) is 2.40. The highest BCUT2D eigenvalue weighted by Crippen LogP contribution is 2.04. The van der Waals surface area contributed by atoms with Crippen LogP contribution in [0.1, 0.15) is 25.3 Å². The number of ether oxygens (including phenoxy) is 1. The highest BCUT2D eigenvalue weighted by Gasteiger charge is 2.06. The van der Waals surface area contributed by atoms with Gasteiger partial charge in [0.15, 0.2) is 0 Å². The molecule has 0 spiro atoms. The van der Waals surface area contributed by atoms with Crippen LogP contribution >= 0.6 is 0 Å². The monoisotopic (exact) mass is 222 g/mol. The van der Waals surface area contributed by atoms with Crippen LogP contribution in [0.4, 0.5) is 0 Å². The molecule has 0 aromatic heterocycles. The molecular weight excluding hydrogens is 204 g/mol. The van der Waals surface area contributed by atoms with E-state index in [-0.39, 0.29) is 12.5 Å². The zero-order valence-electron chi connectivity index (χ0n) is 9.56. The summed E-state index contributed by atoms with van der Waals surface area (Å²) in [5.41, 5.74) is 1.29. The van der Waals surface area contributed by atoms with Crippen LogP contribution in [0.2, 0.25) is 0 Å². The minimum atomic E-state index is -0.810. The van der Waals surface area contributed by atoms with Crippen molar-refractivity contribution < 1.29 is 14.6 Å². The average molecular weight is 222 g/mol. The minimum absolute atomic E-state index is 0.0747. The summed E-state index contributed by atoms with van der Waals surface area (Å²) in [5, 5.41) is 8.54. The van der Waals surface area contributed by atoms with Crippen molar-refractivity contribution in [1.82, 2.24) is 0 Å². The van der Waals surface area contributed by atoms with E-state index in [0.717, 1.165) is 12.8 Å². The normalized spacial score (nSPS) is 12.3. The molecule has 0 aliphatic heterocycles. The van der Waals surface area contributed by atoms with Crippen LogP contribution in [0.25, 0.3) is 0 Å². The van der Waals surface area contributed by atoms with Gasteiger partial charge in [-0.25, -0.2) is 0 Å². The number of benzene rings is 1. The van der Waals surface area contributed by atoms with Crippen molar-refractivity contribution in [3.8, 4) is 0 Å². The molecule has 0 saturated carbocycles. The standard InChI is InChI=1S/C13H18O3/c1-11(10-13(14)15)16-9-5-8-12-6-3-2-4-7-12/h2-4,6-7,11H,5,8-10H2,1H3,(H,14,15)/t11-/m0/s1. The SMILES string of the molecule is C[C@@H](CC(=O)O)OCCCc1ccccc1. The molecule has 0 heterocycles. The smallest absolute Gasteiger partial charge is 0.305 e. The molecule has 1 rings (SSSR count). The highest BCUT2D eigenvalue weighted by molar-refractivity contribution is 5.67. The van der Waals surface area contributed by atoms with Crippen molar-refractivity contribution in [2.75, 3.05) is 6.61 Å². The first kappa shape index (κ1) is 12.7. The molecule has 16 heavy (non-hydrogen) atoms. The maximum Gasteiger partial charge on any atom is 0.305 e. The lowest BCUT2D eigenvalue weighted by Gasteiger charge is -2.10. The van der Waals surface area contributed by atoms with Gasteiger partial charge in [0.05, 0.1) is 12.5 Å². The molecule has 0 aliphatic rings. The van der Waals surface area contributed by atoms with Crippen LogP contribution in [0, 0.1) is 0 Å². The second-order valence-corrected chi connectivity index (χ2v) is 3.87. The van der Waals surface area contributed by atoms with E-state index in [9.17, 15) is 4.79 Å². The lowest BCUT2D eigenvalue weighted by Crippen LogP contribution is -2.14. The zero-order valence-corrected chi connectivity index (χ0v) is 9.56. The summed E-state index contributed by atoms with van der Waals surface area (Å²) >= 11 is 0. The number of carboxylic acids is 1. The van der Waals surface area contributed by atoms with Crippen LogP contribution in [-0.2, 0) is 16.0 Å². The van der Waals surface area contributed by atoms with Crippen LogP contribution in [0.15, 0.2) is 30.3 Å². The van der Waals surface area contributed by atoms with Crippen molar-refractivity contribution >= 4 is 5.97 Å². The average Bonchev–Trinajstić information content (AvgIpc) is 2.25. The summed E-state index contributed by atoms with van der Waals surface area (Å²) in [7, 11) is 0. The van der Waals surface area contributed by atoms with E-state index >= 15 is 0 Å². The van der Waals surface area contributed by atoms with Gasteiger partial charge in [0, 0.05) is 6.61 Å². The number of aliphatic carboxylic acids is 1. The molecular formula is C13H18O3. The maximum absolute atomic E-state index is 10.4. The Morgan fingerprint density at radius 3 is 2.69 bits per heavy atom. The van der Waals surface area contributed by atoms with Gasteiger partial charge in [-0.3, -0.25) is 4.79 Å². The van der Waals surface area contributed by atoms with E-state index < -0.39 is 5.97 Å². The van der Waals surface area contributed by atoms with Gasteiger partial charge in [-0.05, 0) is 25.3 Å². The summed E-state index contributed by atoms with van der Waals surface area (Å²) < 4.78 is 5.39. The van der Waals surface area contributed by atoms with Crippen molar-refractivity contribution in [2.24, 2.45) is 0 Å². The first-order chi connectivity index (χ1) is 7.68. The van der Waals surface area contributed by atoms with Crippen LogP contribution in [-0.4, -0.2) is 23.8 Å². The van der Waals surface area contributed by atoms with Gasteiger partial charge >= 0.3 is 5.97 Å². The number of aryl methyl sites for hydroxylation is 1. The second-order valence-electron chi connectivity index (χ2n) is 3.87. The molecule has 0 bridgehead atoms. The van der Waals surface area contributed by atoms with Gasteiger partial charge in [0.25, 0.3) is 0 Å². The summed E-state index contributed by atoms with van der Waals surface area (Å²) in [6.07, 6.45) is 1.77. The molecule has 0 unspecified atom stereocenters. The van der Waals surface area contributed by atoms with Crippen LogP contribution in [0.5, 0.6) is 0 Å². The van der Waals surface area contributed by atoms with Gasteiger partial charge in [0.1, 0.15) is 0 Å². The summed E-state index contributed by atoms with van der Waals surface area (Å²) in [4.78, 5) is 10.4. The van der Waals surface area contributed by atoms with Gasteiger partial charge in [-0.15, -0.1) is 0 Å². The third-order valence-corrected chi connectivity index (χ3v) is 2.32. The Labute approximate surface area is 96.1 Å². The van der Waals surface area contributed by atoms with E-state index in [1.807, 2.05) is 18.2 Å². The first-order valence-corrected chi connectivity index (χ1v) is 5.56. The molecule has 0 saturated heterocycles. The van der Waals surface area contributed by atoms with E-state index in [4.69, 9.17) is 9.84 Å². The Hall–Kier alpha value is -1.35. The highest BCUT2D eigenvalue weighted by atomic mass is 16.5. The molecule has 0 amide bonds. The molecule has 3 nitrogen and oxygen atoms in total. The fourth-order valence-electron chi connectivity index (χ4n) is 1.51. The maximum atomic E-state index is 10.4. The molecule has 0 aliphatic carbocycles. The number of hydrogen-bond donors (Lipinski definition) is 1. The molecule has 1 aromatic carbocycles. The molecule has 1 aromatic rings. The quantitative estimate of drug-likeness (QED) is 0.721. The van der Waals surface area contributed by atoms with E-state index in [0.29, 0.717) is 6.61 Å². The predicted molar refractivity (Wildman–Crippen MR) is 62.4 cm³/mol. The lowest BCUT2D eigenvalue weighted by molar-refractivity contribution is -0.139. The number of hydrogen-bond acceptors (Lipinski definition) is 2. The Kier molecular flexibility index (Phi) is 5.57. The second kappa shape index (κ2) is 7.01. The van der Waals surface area contributed by atoms with Crippen molar-refractivity contribution in [1.29, 1.82) is 0 Å². The Morgan fingerprint density at radius 1 is 1.38 bits per heavy atom. The first-order valence-electron chi connectivity index (χ1n) is 5.56. The predicted octanol–water partition coefficient (Wildman–Crippen LogP) is 2.50. The Morgan fingerprint density at radius 2 is 2.06 bits per heavy atom. The molecule has 0 radical (unpaired) electrons. The molecule has 3 heteroatoms. The molecule has 0 fully saturated rings. The van der Waals surface area contributed by atoms with Crippen LogP contribution in [0.3, 0.4) is 0 Å². The Balaban J connectivity index is 2.10. The number of carboxylic acid groups (broad SMARTS) is 1. The van der Waals surface area contributed by atoms with E-state index in [1.165, 1.54) is 5.56 Å². The van der Waals surface area contributed by atoms with Crippen LogP contribution < -0.4 is 0 Å². The topological polar surface area (TPSA) is 46.5 Å².